The number of benzene rings is 1. The number of rotatable bonds is 6. The van der Waals surface area contributed by atoms with Crippen LogP contribution in [0.15, 0.2) is 46.7 Å². The van der Waals surface area contributed by atoms with Crippen molar-refractivity contribution in [3.05, 3.63) is 52.9 Å². The van der Waals surface area contributed by atoms with Gasteiger partial charge in [0.25, 0.3) is 0 Å². The van der Waals surface area contributed by atoms with Gasteiger partial charge < -0.3 is 4.90 Å². The monoisotopic (exact) mass is 324 g/mol. The molecule has 1 unspecified atom stereocenters. The minimum absolute atomic E-state index is 0.00188. The van der Waals surface area contributed by atoms with E-state index >= 15 is 0 Å². The predicted octanol–water partition coefficient (Wildman–Crippen LogP) is 2.64. The highest BCUT2D eigenvalue weighted by Gasteiger charge is 2.20. The zero-order chi connectivity index (χ0) is 15.5. The molecule has 0 saturated heterocycles. The molecule has 0 aliphatic heterocycles. The number of aryl methyl sites for hydroxylation is 1. The van der Waals surface area contributed by atoms with Crippen LogP contribution in [0.5, 0.6) is 0 Å². The van der Waals surface area contributed by atoms with Gasteiger partial charge in [0.1, 0.15) is 4.21 Å². The molecule has 1 heterocycles. The summed E-state index contributed by atoms with van der Waals surface area (Å²) in [7, 11) is 0.457. The van der Waals surface area contributed by atoms with Crippen LogP contribution in [-0.4, -0.2) is 34.0 Å². The first-order chi connectivity index (χ1) is 9.90. The summed E-state index contributed by atoms with van der Waals surface area (Å²) in [6.45, 7) is 2.24. The lowest BCUT2D eigenvalue weighted by atomic mass is 10.1. The minimum atomic E-state index is -3.43. The van der Waals surface area contributed by atoms with Crippen molar-refractivity contribution in [2.45, 2.75) is 17.2 Å². The second-order valence-electron chi connectivity index (χ2n) is 5.11. The molecule has 114 valence electrons. The molecule has 0 fully saturated rings. The van der Waals surface area contributed by atoms with E-state index in [0.717, 1.165) is 10.4 Å². The minimum Gasteiger partial charge on any atom is -0.301 e. The number of hydrogen-bond donors (Lipinski definition) is 1. The molecule has 1 aromatic heterocycles. The van der Waals surface area contributed by atoms with Gasteiger partial charge in [-0.3, -0.25) is 0 Å². The molecule has 1 aromatic carbocycles. The van der Waals surface area contributed by atoms with Gasteiger partial charge in [-0.15, -0.1) is 11.3 Å². The summed E-state index contributed by atoms with van der Waals surface area (Å²) < 4.78 is 27.6. The predicted molar refractivity (Wildman–Crippen MR) is 87.1 cm³/mol. The van der Waals surface area contributed by atoms with Crippen LogP contribution >= 0.6 is 11.3 Å². The Balaban J connectivity index is 2.13. The Hall–Kier alpha value is -1.21. The van der Waals surface area contributed by atoms with Crippen LogP contribution in [0, 0.1) is 6.92 Å². The molecule has 0 amide bonds. The number of hydrogen-bond acceptors (Lipinski definition) is 4. The molecule has 0 aliphatic carbocycles. The number of nitrogens with zero attached hydrogens (tertiary/aromatic N) is 1. The van der Waals surface area contributed by atoms with Gasteiger partial charge in [-0.2, -0.15) is 0 Å². The van der Waals surface area contributed by atoms with E-state index in [1.165, 1.54) is 11.3 Å². The third-order valence-electron chi connectivity index (χ3n) is 3.25. The van der Waals surface area contributed by atoms with Crippen molar-refractivity contribution in [2.75, 3.05) is 20.6 Å². The molecule has 21 heavy (non-hydrogen) atoms. The van der Waals surface area contributed by atoms with E-state index in [0.29, 0.717) is 10.8 Å². The molecule has 0 bridgehead atoms. The van der Waals surface area contributed by atoms with E-state index in [-0.39, 0.29) is 6.04 Å². The molecular formula is C15H20N2O2S2. The Bertz CT molecular complexity index is 679. The fraction of sp³-hybridized carbons (Fsp3) is 0.333. The summed E-state index contributed by atoms with van der Waals surface area (Å²) in [5, 5.41) is 0. The quantitative estimate of drug-likeness (QED) is 0.889. The van der Waals surface area contributed by atoms with Crippen LogP contribution < -0.4 is 4.72 Å². The molecule has 1 N–H and O–H groups in total. The number of likely N-dealkylation sites (N-methyl/N-ethyl adjacent to an activating group) is 1. The van der Waals surface area contributed by atoms with Gasteiger partial charge in [0.15, 0.2) is 0 Å². The van der Waals surface area contributed by atoms with Gasteiger partial charge in [-0.1, -0.05) is 30.3 Å². The van der Waals surface area contributed by atoms with Crippen LogP contribution in [-0.2, 0) is 10.0 Å². The summed E-state index contributed by atoms with van der Waals surface area (Å²) in [6.07, 6.45) is 0. The fourth-order valence-corrected chi connectivity index (χ4v) is 4.46. The maximum absolute atomic E-state index is 12.3. The summed E-state index contributed by atoms with van der Waals surface area (Å²) in [4.78, 5) is 3.00. The third kappa shape index (κ3) is 4.14. The summed E-state index contributed by atoms with van der Waals surface area (Å²) in [5.41, 5.74) is 1.09. The Labute approximate surface area is 130 Å². The first-order valence-electron chi connectivity index (χ1n) is 6.67. The summed E-state index contributed by atoms with van der Waals surface area (Å²) >= 11 is 1.29. The van der Waals surface area contributed by atoms with Gasteiger partial charge in [-0.25, -0.2) is 13.1 Å². The Morgan fingerprint density at radius 3 is 2.33 bits per heavy atom. The maximum Gasteiger partial charge on any atom is 0.250 e. The molecule has 6 heteroatoms. The van der Waals surface area contributed by atoms with Crippen LogP contribution in [0.4, 0.5) is 0 Å². The standard InChI is InChI=1S/C15H20N2O2S2/c1-12-9-10-15(20-12)21(18,19)16-11-14(17(2)3)13-7-5-4-6-8-13/h4-10,14,16H,11H2,1-3H3. The highest BCUT2D eigenvalue weighted by molar-refractivity contribution is 7.91. The highest BCUT2D eigenvalue weighted by atomic mass is 32.2. The molecule has 0 spiro atoms. The average molecular weight is 324 g/mol. The van der Waals surface area contributed by atoms with Gasteiger partial charge in [0.05, 0.1) is 0 Å². The van der Waals surface area contributed by atoms with Crippen molar-refractivity contribution < 1.29 is 8.42 Å². The Morgan fingerprint density at radius 1 is 1.14 bits per heavy atom. The van der Waals surface area contributed by atoms with Gasteiger partial charge in [0, 0.05) is 17.5 Å². The van der Waals surface area contributed by atoms with Crippen molar-refractivity contribution in [1.82, 2.24) is 9.62 Å². The van der Waals surface area contributed by atoms with Crippen LogP contribution in [0.2, 0.25) is 0 Å². The van der Waals surface area contributed by atoms with E-state index in [2.05, 4.69) is 4.72 Å². The van der Waals surface area contributed by atoms with Crippen molar-refractivity contribution in [2.24, 2.45) is 0 Å². The SMILES string of the molecule is Cc1ccc(S(=O)(=O)NCC(c2ccccc2)N(C)C)s1. The van der Waals surface area contributed by atoms with E-state index in [4.69, 9.17) is 0 Å². The second kappa shape index (κ2) is 6.70. The number of thiophene rings is 1. The van der Waals surface area contributed by atoms with Crippen molar-refractivity contribution >= 4 is 21.4 Å². The lowest BCUT2D eigenvalue weighted by molar-refractivity contribution is 0.299. The Morgan fingerprint density at radius 2 is 1.81 bits per heavy atom. The van der Waals surface area contributed by atoms with E-state index in [9.17, 15) is 8.42 Å². The summed E-state index contributed by atoms with van der Waals surface area (Å²) in [6, 6.07) is 13.4. The largest absolute Gasteiger partial charge is 0.301 e. The zero-order valence-corrected chi connectivity index (χ0v) is 14.0. The molecule has 2 rings (SSSR count). The first kappa shape index (κ1) is 16.2. The van der Waals surface area contributed by atoms with Crippen LogP contribution in [0.25, 0.3) is 0 Å². The number of sulfonamides is 1. The molecule has 0 radical (unpaired) electrons. The maximum atomic E-state index is 12.3. The molecule has 1 atom stereocenters. The second-order valence-corrected chi connectivity index (χ2v) is 8.39. The topological polar surface area (TPSA) is 49.4 Å². The average Bonchev–Trinajstić information content (AvgIpc) is 2.87. The zero-order valence-electron chi connectivity index (χ0n) is 12.4. The van der Waals surface area contributed by atoms with E-state index in [1.54, 1.807) is 6.07 Å². The lowest BCUT2D eigenvalue weighted by Crippen LogP contribution is -2.34. The fourth-order valence-electron chi connectivity index (χ4n) is 2.09. The number of nitrogens with one attached hydrogen (secondary N) is 1. The van der Waals surface area contributed by atoms with Gasteiger partial charge >= 0.3 is 0 Å². The molecule has 0 saturated carbocycles. The van der Waals surface area contributed by atoms with Gasteiger partial charge in [0.2, 0.25) is 10.0 Å². The Kier molecular flexibility index (Phi) is 5.16. The van der Waals surface area contributed by atoms with Crippen molar-refractivity contribution in [1.29, 1.82) is 0 Å². The smallest absolute Gasteiger partial charge is 0.250 e. The first-order valence-corrected chi connectivity index (χ1v) is 8.97. The molecular weight excluding hydrogens is 304 g/mol. The molecule has 4 nitrogen and oxygen atoms in total. The van der Waals surface area contributed by atoms with E-state index in [1.807, 2.05) is 62.3 Å². The van der Waals surface area contributed by atoms with Crippen molar-refractivity contribution in [3.63, 3.8) is 0 Å². The van der Waals surface area contributed by atoms with Crippen molar-refractivity contribution in [3.8, 4) is 0 Å². The lowest BCUT2D eigenvalue weighted by Gasteiger charge is -2.24. The van der Waals surface area contributed by atoms with E-state index < -0.39 is 10.0 Å². The van der Waals surface area contributed by atoms with Gasteiger partial charge in [-0.05, 0) is 38.7 Å². The normalized spacial score (nSPS) is 13.5. The summed E-state index contributed by atoms with van der Waals surface area (Å²) in [5.74, 6) is 0. The van der Waals surface area contributed by atoms with Crippen LogP contribution in [0.1, 0.15) is 16.5 Å². The molecule has 0 aliphatic rings. The molecule has 2 aromatic rings. The third-order valence-corrected chi connectivity index (χ3v) is 6.17. The highest BCUT2D eigenvalue weighted by Crippen LogP contribution is 2.22. The van der Waals surface area contributed by atoms with Crippen LogP contribution in [0.3, 0.4) is 0 Å².